The third-order valence-electron chi connectivity index (χ3n) is 7.57. The SMILES string of the molecule is CCOc1cccc(CCCCC2CCC(CCCc3nc(N(C)C)c4ccccc4n3)CC2)c1. The zero-order chi connectivity index (χ0) is 24.5. The Labute approximate surface area is 212 Å². The zero-order valence-corrected chi connectivity index (χ0v) is 22.0. The number of rotatable bonds is 12. The summed E-state index contributed by atoms with van der Waals surface area (Å²) >= 11 is 0. The number of para-hydroxylation sites is 1. The lowest BCUT2D eigenvalue weighted by Crippen LogP contribution is -2.15. The number of aryl methyl sites for hydroxylation is 2. The van der Waals surface area contributed by atoms with Gasteiger partial charge in [-0.1, -0.05) is 69.2 Å². The summed E-state index contributed by atoms with van der Waals surface area (Å²) in [6.07, 6.45) is 14.3. The molecule has 0 amide bonds. The van der Waals surface area contributed by atoms with Crippen LogP contribution < -0.4 is 9.64 Å². The van der Waals surface area contributed by atoms with Gasteiger partial charge in [-0.05, 0) is 67.9 Å². The van der Waals surface area contributed by atoms with Gasteiger partial charge in [0, 0.05) is 25.9 Å². The highest BCUT2D eigenvalue weighted by atomic mass is 16.5. The first-order chi connectivity index (χ1) is 17.1. The molecule has 0 unspecified atom stereocenters. The Bertz CT molecular complexity index is 1060. The smallest absolute Gasteiger partial charge is 0.139 e. The van der Waals surface area contributed by atoms with Crippen LogP contribution in [0, 0.1) is 11.8 Å². The maximum atomic E-state index is 5.63. The standard InChI is InChI=1S/C31H43N3O/c1-4-35-27-15-9-14-26(23-27)12-6-5-11-24-19-21-25(22-20-24)13-10-18-30-32-29-17-8-7-16-28(29)31(33-30)34(2)3/h7-9,14-17,23-25H,4-6,10-13,18-22H2,1-3H3. The van der Waals surface area contributed by atoms with Crippen molar-refractivity contribution in [1.29, 1.82) is 0 Å². The summed E-state index contributed by atoms with van der Waals surface area (Å²) < 4.78 is 5.63. The number of unbranched alkanes of at least 4 members (excludes halogenated alkanes) is 1. The van der Waals surface area contributed by atoms with E-state index in [9.17, 15) is 0 Å². The summed E-state index contributed by atoms with van der Waals surface area (Å²) in [7, 11) is 4.13. The number of nitrogens with zero attached hydrogens (tertiary/aromatic N) is 3. The summed E-state index contributed by atoms with van der Waals surface area (Å²) in [5.41, 5.74) is 2.47. The van der Waals surface area contributed by atoms with E-state index in [0.717, 1.165) is 53.2 Å². The second-order valence-corrected chi connectivity index (χ2v) is 10.5. The molecule has 1 aliphatic rings. The van der Waals surface area contributed by atoms with Crippen molar-refractivity contribution in [3.63, 3.8) is 0 Å². The summed E-state index contributed by atoms with van der Waals surface area (Å²) in [5.74, 6) is 4.86. The molecular formula is C31H43N3O. The van der Waals surface area contributed by atoms with E-state index in [1.165, 1.54) is 69.8 Å². The van der Waals surface area contributed by atoms with E-state index in [0.29, 0.717) is 0 Å². The molecule has 3 aromatic rings. The molecule has 2 aromatic carbocycles. The van der Waals surface area contributed by atoms with E-state index in [4.69, 9.17) is 14.7 Å². The molecule has 188 valence electrons. The van der Waals surface area contributed by atoms with Crippen molar-refractivity contribution in [2.45, 2.75) is 77.6 Å². The van der Waals surface area contributed by atoms with E-state index >= 15 is 0 Å². The van der Waals surface area contributed by atoms with Gasteiger partial charge < -0.3 is 9.64 Å². The maximum absolute atomic E-state index is 5.63. The molecule has 4 rings (SSSR count). The number of hydrogen-bond donors (Lipinski definition) is 0. The fraction of sp³-hybridized carbons (Fsp3) is 0.548. The quantitative estimate of drug-likeness (QED) is 0.253. The molecule has 35 heavy (non-hydrogen) atoms. The van der Waals surface area contributed by atoms with Gasteiger partial charge in [0.2, 0.25) is 0 Å². The second-order valence-electron chi connectivity index (χ2n) is 10.5. The Morgan fingerprint density at radius 2 is 1.57 bits per heavy atom. The Kier molecular flexibility index (Phi) is 9.39. The van der Waals surface area contributed by atoms with Gasteiger partial charge in [-0.2, -0.15) is 0 Å². The van der Waals surface area contributed by atoms with Crippen LogP contribution in [0.4, 0.5) is 5.82 Å². The summed E-state index contributed by atoms with van der Waals surface area (Å²) in [4.78, 5) is 11.8. The monoisotopic (exact) mass is 473 g/mol. The van der Waals surface area contributed by atoms with Gasteiger partial charge in [-0.15, -0.1) is 0 Å². The van der Waals surface area contributed by atoms with E-state index < -0.39 is 0 Å². The van der Waals surface area contributed by atoms with Crippen LogP contribution in [0.25, 0.3) is 10.9 Å². The van der Waals surface area contributed by atoms with Gasteiger partial charge in [0.25, 0.3) is 0 Å². The summed E-state index contributed by atoms with van der Waals surface area (Å²) in [5, 5.41) is 1.14. The van der Waals surface area contributed by atoms with Crippen LogP contribution in [0.3, 0.4) is 0 Å². The average molecular weight is 474 g/mol. The Morgan fingerprint density at radius 1 is 0.829 bits per heavy atom. The fourth-order valence-corrected chi connectivity index (χ4v) is 5.64. The molecule has 1 aliphatic carbocycles. The van der Waals surface area contributed by atoms with Crippen LogP contribution in [0.1, 0.15) is 76.1 Å². The molecule has 0 spiro atoms. The molecule has 0 atom stereocenters. The largest absolute Gasteiger partial charge is 0.494 e. The van der Waals surface area contributed by atoms with Crippen LogP contribution in [0.5, 0.6) is 5.75 Å². The molecule has 0 radical (unpaired) electrons. The molecule has 4 nitrogen and oxygen atoms in total. The van der Waals surface area contributed by atoms with Crippen LogP contribution in [-0.4, -0.2) is 30.7 Å². The predicted molar refractivity (Wildman–Crippen MR) is 147 cm³/mol. The Morgan fingerprint density at radius 3 is 2.31 bits per heavy atom. The molecule has 4 heteroatoms. The van der Waals surface area contributed by atoms with Crippen LogP contribution in [-0.2, 0) is 12.8 Å². The summed E-state index contributed by atoms with van der Waals surface area (Å²) in [6.45, 7) is 2.78. The molecule has 1 heterocycles. The van der Waals surface area contributed by atoms with Crippen molar-refractivity contribution >= 4 is 16.7 Å². The summed E-state index contributed by atoms with van der Waals surface area (Å²) in [6, 6.07) is 17.0. The molecule has 1 aromatic heterocycles. The molecule has 1 saturated carbocycles. The van der Waals surface area contributed by atoms with Crippen LogP contribution in [0.2, 0.25) is 0 Å². The highest BCUT2D eigenvalue weighted by Crippen LogP contribution is 2.34. The molecule has 0 aliphatic heterocycles. The molecular weight excluding hydrogens is 430 g/mol. The van der Waals surface area contributed by atoms with Gasteiger partial charge in [0.05, 0.1) is 12.1 Å². The average Bonchev–Trinajstić information content (AvgIpc) is 2.87. The lowest BCUT2D eigenvalue weighted by Gasteiger charge is -2.28. The second kappa shape index (κ2) is 12.9. The van der Waals surface area contributed by atoms with Gasteiger partial charge in [0.15, 0.2) is 0 Å². The normalized spacial score (nSPS) is 18.0. The van der Waals surface area contributed by atoms with Crippen LogP contribution in [0.15, 0.2) is 48.5 Å². The van der Waals surface area contributed by atoms with E-state index in [1.807, 2.05) is 6.92 Å². The first-order valence-corrected chi connectivity index (χ1v) is 13.8. The third kappa shape index (κ3) is 7.43. The number of ether oxygens (including phenoxy) is 1. The van der Waals surface area contributed by atoms with Crippen molar-refractivity contribution in [1.82, 2.24) is 9.97 Å². The van der Waals surface area contributed by atoms with E-state index in [-0.39, 0.29) is 0 Å². The van der Waals surface area contributed by atoms with Crippen molar-refractivity contribution in [2.24, 2.45) is 11.8 Å². The topological polar surface area (TPSA) is 38.2 Å². The molecule has 0 N–H and O–H groups in total. The Hall–Kier alpha value is -2.62. The molecule has 0 saturated heterocycles. The minimum absolute atomic E-state index is 0.737. The molecule has 1 fully saturated rings. The number of aromatic nitrogens is 2. The van der Waals surface area contributed by atoms with Crippen molar-refractivity contribution in [2.75, 3.05) is 25.6 Å². The molecule has 0 bridgehead atoms. The Balaban J connectivity index is 1.14. The van der Waals surface area contributed by atoms with Crippen molar-refractivity contribution < 1.29 is 4.74 Å². The lowest BCUT2D eigenvalue weighted by atomic mass is 9.78. The van der Waals surface area contributed by atoms with Crippen molar-refractivity contribution in [3.8, 4) is 5.75 Å². The number of fused-ring (bicyclic) bond motifs is 1. The number of anilines is 1. The lowest BCUT2D eigenvalue weighted by molar-refractivity contribution is 0.246. The van der Waals surface area contributed by atoms with Gasteiger partial charge >= 0.3 is 0 Å². The minimum atomic E-state index is 0.737. The maximum Gasteiger partial charge on any atom is 0.139 e. The predicted octanol–water partition coefficient (Wildman–Crippen LogP) is 7.64. The number of hydrogen-bond acceptors (Lipinski definition) is 4. The van der Waals surface area contributed by atoms with Gasteiger partial charge in [-0.25, -0.2) is 9.97 Å². The van der Waals surface area contributed by atoms with E-state index in [2.05, 4.69) is 67.5 Å². The highest BCUT2D eigenvalue weighted by Gasteiger charge is 2.21. The fourth-order valence-electron chi connectivity index (χ4n) is 5.64. The van der Waals surface area contributed by atoms with Gasteiger partial charge in [-0.3, -0.25) is 0 Å². The highest BCUT2D eigenvalue weighted by molar-refractivity contribution is 5.89. The van der Waals surface area contributed by atoms with Gasteiger partial charge in [0.1, 0.15) is 17.4 Å². The van der Waals surface area contributed by atoms with Crippen molar-refractivity contribution in [3.05, 3.63) is 59.9 Å². The number of benzene rings is 2. The third-order valence-corrected chi connectivity index (χ3v) is 7.57. The van der Waals surface area contributed by atoms with E-state index in [1.54, 1.807) is 0 Å². The first-order valence-electron chi connectivity index (χ1n) is 13.8. The first kappa shape index (κ1) is 25.5. The zero-order valence-electron chi connectivity index (χ0n) is 22.0. The minimum Gasteiger partial charge on any atom is -0.494 e. The van der Waals surface area contributed by atoms with Crippen LogP contribution >= 0.6 is 0 Å².